The van der Waals surface area contributed by atoms with Gasteiger partial charge in [0, 0.05) is 31.6 Å². The van der Waals surface area contributed by atoms with Gasteiger partial charge >= 0.3 is 0 Å². The number of aryl methyl sites for hydroxylation is 1. The normalized spacial score (nSPS) is 14.6. The first-order valence-corrected chi connectivity index (χ1v) is 9.32. The van der Waals surface area contributed by atoms with Crippen LogP contribution in [-0.4, -0.2) is 46.9 Å². The standard InChI is InChI=1S/C16H17N9OS/c1-23-13-10(6-19-25(16(13)26)7-9-2-4-18-21-9)14-15(23)20-12(27-14)8-24-5-3-11(17)22-24/h2,4,6H,3,5,7-8H2,1H3,(H2,17,22)(H,18,21). The largest absolute Gasteiger partial charge is 0.386 e. The smallest absolute Gasteiger partial charge is 0.291 e. The van der Waals surface area contributed by atoms with Gasteiger partial charge in [-0.15, -0.1) is 11.3 Å². The van der Waals surface area contributed by atoms with E-state index in [0.29, 0.717) is 24.4 Å². The van der Waals surface area contributed by atoms with Crippen LogP contribution in [-0.2, 0) is 20.1 Å². The van der Waals surface area contributed by atoms with E-state index in [-0.39, 0.29) is 5.56 Å². The number of nitrogens with one attached hydrogen (secondary N) is 1. The van der Waals surface area contributed by atoms with Crippen molar-refractivity contribution in [2.24, 2.45) is 17.9 Å². The highest BCUT2D eigenvalue weighted by molar-refractivity contribution is 7.19. The van der Waals surface area contributed by atoms with Crippen molar-refractivity contribution >= 4 is 38.4 Å². The minimum Gasteiger partial charge on any atom is -0.386 e. The Labute approximate surface area is 156 Å². The quantitative estimate of drug-likeness (QED) is 0.532. The van der Waals surface area contributed by atoms with Gasteiger partial charge in [0.2, 0.25) is 0 Å². The molecule has 0 radical (unpaired) electrons. The number of nitrogens with zero attached hydrogens (tertiary/aromatic N) is 7. The number of fused-ring (bicyclic) bond motifs is 3. The zero-order valence-corrected chi connectivity index (χ0v) is 15.4. The Bertz CT molecular complexity index is 1230. The molecule has 0 fully saturated rings. The highest BCUT2D eigenvalue weighted by Gasteiger charge is 2.20. The van der Waals surface area contributed by atoms with Crippen LogP contribution in [0.25, 0.3) is 21.3 Å². The molecule has 0 saturated carbocycles. The molecule has 5 rings (SSSR count). The van der Waals surface area contributed by atoms with Crippen LogP contribution in [0.2, 0.25) is 0 Å². The van der Waals surface area contributed by atoms with Crippen LogP contribution in [0.5, 0.6) is 0 Å². The highest BCUT2D eigenvalue weighted by Crippen LogP contribution is 2.31. The lowest BCUT2D eigenvalue weighted by Crippen LogP contribution is -2.24. The van der Waals surface area contributed by atoms with Gasteiger partial charge in [0.1, 0.15) is 16.4 Å². The summed E-state index contributed by atoms with van der Waals surface area (Å²) in [4.78, 5) is 17.6. The van der Waals surface area contributed by atoms with E-state index in [1.165, 1.54) is 4.68 Å². The summed E-state index contributed by atoms with van der Waals surface area (Å²) in [5.41, 5.74) is 7.74. The number of aromatic amines is 1. The molecule has 0 unspecified atom stereocenters. The van der Waals surface area contributed by atoms with E-state index in [0.717, 1.165) is 39.4 Å². The van der Waals surface area contributed by atoms with Crippen molar-refractivity contribution in [3.05, 3.63) is 39.5 Å². The van der Waals surface area contributed by atoms with Crippen LogP contribution in [0.3, 0.4) is 0 Å². The molecule has 138 valence electrons. The molecule has 4 aromatic rings. The molecule has 3 N–H and O–H groups in total. The first-order chi connectivity index (χ1) is 13.1. The summed E-state index contributed by atoms with van der Waals surface area (Å²) in [6.45, 7) is 1.75. The fraction of sp³-hybridized carbons (Fsp3) is 0.312. The van der Waals surface area contributed by atoms with Crippen molar-refractivity contribution in [1.82, 2.24) is 34.5 Å². The molecule has 4 aromatic heterocycles. The number of nitrogens with two attached hydrogens (primary N) is 1. The predicted octanol–water partition coefficient (Wildman–Crippen LogP) is 0.594. The van der Waals surface area contributed by atoms with E-state index in [4.69, 9.17) is 10.7 Å². The molecule has 27 heavy (non-hydrogen) atoms. The van der Waals surface area contributed by atoms with Gasteiger partial charge in [-0.25, -0.2) is 9.67 Å². The van der Waals surface area contributed by atoms with Crippen molar-refractivity contribution in [3.8, 4) is 0 Å². The Balaban J connectivity index is 1.56. The second-order valence-corrected chi connectivity index (χ2v) is 7.57. The highest BCUT2D eigenvalue weighted by atomic mass is 32.1. The summed E-state index contributed by atoms with van der Waals surface area (Å²) in [6, 6.07) is 1.82. The van der Waals surface area contributed by atoms with Crippen LogP contribution >= 0.6 is 11.3 Å². The number of thiazole rings is 1. The molecule has 1 aliphatic heterocycles. The third kappa shape index (κ3) is 2.58. The minimum atomic E-state index is -0.151. The van der Waals surface area contributed by atoms with Crippen LogP contribution in [0.1, 0.15) is 17.1 Å². The number of H-pyrrole nitrogens is 1. The number of hydrogen-bond acceptors (Lipinski definition) is 8. The summed E-state index contributed by atoms with van der Waals surface area (Å²) < 4.78 is 4.23. The van der Waals surface area contributed by atoms with Gasteiger partial charge in [0.05, 0.1) is 29.7 Å². The van der Waals surface area contributed by atoms with Gasteiger partial charge in [0.25, 0.3) is 5.56 Å². The molecule has 0 saturated heterocycles. The van der Waals surface area contributed by atoms with Crippen LogP contribution in [0, 0.1) is 0 Å². The third-order valence-electron chi connectivity index (χ3n) is 4.65. The average Bonchev–Trinajstić information content (AvgIpc) is 3.40. The van der Waals surface area contributed by atoms with Gasteiger partial charge in [-0.05, 0) is 6.07 Å². The Kier molecular flexibility index (Phi) is 3.50. The number of rotatable bonds is 4. The number of hydrazone groups is 1. The number of aromatic nitrogens is 6. The van der Waals surface area contributed by atoms with Gasteiger partial charge in [-0.2, -0.15) is 15.3 Å². The molecule has 0 amide bonds. The Hall–Kier alpha value is -3.21. The maximum Gasteiger partial charge on any atom is 0.291 e. The number of hydrogen-bond donors (Lipinski definition) is 2. The van der Waals surface area contributed by atoms with Gasteiger partial charge in [0.15, 0.2) is 5.65 Å². The molecular weight excluding hydrogens is 366 g/mol. The predicted molar refractivity (Wildman–Crippen MR) is 102 cm³/mol. The average molecular weight is 383 g/mol. The van der Waals surface area contributed by atoms with E-state index < -0.39 is 0 Å². The third-order valence-corrected chi connectivity index (χ3v) is 5.72. The van der Waals surface area contributed by atoms with Crippen molar-refractivity contribution in [2.45, 2.75) is 19.5 Å². The van der Waals surface area contributed by atoms with Crippen LogP contribution in [0.15, 0.2) is 28.4 Å². The molecule has 0 aliphatic carbocycles. The molecule has 0 aromatic carbocycles. The lowest BCUT2D eigenvalue weighted by molar-refractivity contribution is 0.309. The maximum atomic E-state index is 12.9. The molecule has 0 atom stereocenters. The zero-order chi connectivity index (χ0) is 18.5. The maximum absolute atomic E-state index is 12.9. The molecule has 11 heteroatoms. The van der Waals surface area contributed by atoms with Crippen molar-refractivity contribution in [1.29, 1.82) is 0 Å². The first-order valence-electron chi connectivity index (χ1n) is 8.50. The topological polar surface area (TPSA) is 123 Å². The molecule has 1 aliphatic rings. The molecule has 0 bridgehead atoms. The summed E-state index contributed by atoms with van der Waals surface area (Å²) in [5, 5.41) is 19.2. The van der Waals surface area contributed by atoms with E-state index in [1.54, 1.807) is 23.7 Å². The van der Waals surface area contributed by atoms with Crippen molar-refractivity contribution in [3.63, 3.8) is 0 Å². The monoisotopic (exact) mass is 383 g/mol. The minimum absolute atomic E-state index is 0.151. The van der Waals surface area contributed by atoms with E-state index in [1.807, 2.05) is 22.7 Å². The lowest BCUT2D eigenvalue weighted by atomic mass is 10.3. The second-order valence-electron chi connectivity index (χ2n) is 6.48. The zero-order valence-electron chi connectivity index (χ0n) is 14.6. The first kappa shape index (κ1) is 16.0. The summed E-state index contributed by atoms with van der Waals surface area (Å²) in [6.07, 6.45) is 4.24. The summed E-state index contributed by atoms with van der Waals surface area (Å²) in [7, 11) is 1.86. The lowest BCUT2D eigenvalue weighted by Gasteiger charge is -2.10. The van der Waals surface area contributed by atoms with Gasteiger partial charge in [-0.3, -0.25) is 14.9 Å². The fourth-order valence-electron chi connectivity index (χ4n) is 3.34. The van der Waals surface area contributed by atoms with Crippen LogP contribution < -0.4 is 11.3 Å². The molecule has 10 nitrogen and oxygen atoms in total. The number of amidine groups is 1. The second kappa shape index (κ2) is 5.91. The molecule has 0 spiro atoms. The molecule has 5 heterocycles. The van der Waals surface area contributed by atoms with Gasteiger partial charge in [-0.1, -0.05) is 0 Å². The van der Waals surface area contributed by atoms with E-state index in [9.17, 15) is 4.79 Å². The van der Waals surface area contributed by atoms with Crippen molar-refractivity contribution in [2.75, 3.05) is 6.54 Å². The van der Waals surface area contributed by atoms with Crippen LogP contribution in [0.4, 0.5) is 0 Å². The SMILES string of the molecule is Cn1c2nc(CN3CCC(N)=N3)sc2c2cnn(Cc3cc[nH]n3)c(=O)c21. The summed E-state index contributed by atoms with van der Waals surface area (Å²) in [5.74, 6) is 0.656. The van der Waals surface area contributed by atoms with E-state index >= 15 is 0 Å². The van der Waals surface area contributed by atoms with E-state index in [2.05, 4.69) is 20.4 Å². The summed E-state index contributed by atoms with van der Waals surface area (Å²) >= 11 is 1.57. The fourth-order valence-corrected chi connectivity index (χ4v) is 4.46. The Morgan fingerprint density at radius 1 is 1.37 bits per heavy atom. The molecular formula is C16H17N9OS. The Morgan fingerprint density at radius 3 is 3.00 bits per heavy atom. The van der Waals surface area contributed by atoms with Crippen molar-refractivity contribution < 1.29 is 0 Å². The Morgan fingerprint density at radius 2 is 2.26 bits per heavy atom. The van der Waals surface area contributed by atoms with Gasteiger partial charge < -0.3 is 10.3 Å².